The summed E-state index contributed by atoms with van der Waals surface area (Å²) in [5.41, 5.74) is 1.31. The molecule has 0 unspecified atom stereocenters. The lowest BCUT2D eigenvalue weighted by molar-refractivity contribution is -0.135. The van der Waals surface area contributed by atoms with E-state index in [2.05, 4.69) is 91.9 Å². The van der Waals surface area contributed by atoms with Crippen LogP contribution < -0.4 is 15.9 Å². The molecule has 0 aromatic heterocycles. The summed E-state index contributed by atoms with van der Waals surface area (Å²) in [6, 6.07) is 30.5. The SMILES string of the molecule is Cc1ccc(P(c2ccccc2)c2ccccc2)cc1.O=S(=O)(O)CCCCCCCCCC(F)(F)F. The minimum absolute atomic E-state index is 0.161. The zero-order chi connectivity index (χ0) is 27.2. The van der Waals surface area contributed by atoms with Gasteiger partial charge in [-0.3, -0.25) is 4.55 Å². The summed E-state index contributed by atoms with van der Waals surface area (Å²) in [5, 5.41) is 4.21. The van der Waals surface area contributed by atoms with Crippen molar-refractivity contribution in [2.75, 3.05) is 5.75 Å². The highest BCUT2D eigenvalue weighted by Gasteiger charge is 2.25. The molecule has 3 aromatic rings. The first-order valence-corrected chi connectivity index (χ1v) is 15.5. The number of halogens is 3. The van der Waals surface area contributed by atoms with E-state index in [9.17, 15) is 21.6 Å². The summed E-state index contributed by atoms with van der Waals surface area (Å²) >= 11 is 0. The van der Waals surface area contributed by atoms with Gasteiger partial charge in [0.1, 0.15) is 0 Å². The van der Waals surface area contributed by atoms with Crippen LogP contribution >= 0.6 is 7.92 Å². The quantitative estimate of drug-likeness (QED) is 0.146. The van der Waals surface area contributed by atoms with Crippen molar-refractivity contribution in [3.63, 3.8) is 0 Å². The van der Waals surface area contributed by atoms with Gasteiger partial charge in [-0.05, 0) is 43.6 Å². The van der Waals surface area contributed by atoms with Gasteiger partial charge in [0.2, 0.25) is 0 Å². The molecule has 0 saturated carbocycles. The normalized spacial score (nSPS) is 11.7. The predicted molar refractivity (Wildman–Crippen MR) is 149 cm³/mol. The second-order valence-corrected chi connectivity index (χ2v) is 12.8. The van der Waals surface area contributed by atoms with Crippen molar-refractivity contribution in [1.29, 1.82) is 0 Å². The topological polar surface area (TPSA) is 54.4 Å². The summed E-state index contributed by atoms with van der Waals surface area (Å²) in [6.45, 7) is 2.14. The molecule has 0 atom stereocenters. The fraction of sp³-hybridized carbons (Fsp3) is 0.379. The van der Waals surface area contributed by atoms with E-state index in [-0.39, 0.29) is 12.2 Å². The first-order chi connectivity index (χ1) is 17.6. The standard InChI is InChI=1S/C19H17P.C10H19F3O3S/c1-16-12-14-19(15-13-16)20(17-8-4-2-5-9-17)18-10-6-3-7-11-18;11-10(12,13)8-6-4-2-1-3-5-7-9-17(14,15)16/h2-15H,1H3;1-9H2,(H,14,15,16). The molecule has 37 heavy (non-hydrogen) atoms. The highest BCUT2D eigenvalue weighted by atomic mass is 32.2. The largest absolute Gasteiger partial charge is 0.389 e. The van der Waals surface area contributed by atoms with E-state index in [1.807, 2.05) is 0 Å². The molecule has 0 aliphatic heterocycles. The first-order valence-electron chi connectivity index (χ1n) is 12.5. The van der Waals surface area contributed by atoms with Crippen LogP contribution in [-0.2, 0) is 10.1 Å². The highest BCUT2D eigenvalue weighted by Crippen LogP contribution is 2.32. The van der Waals surface area contributed by atoms with Crippen LogP contribution in [0.25, 0.3) is 0 Å². The zero-order valence-corrected chi connectivity index (χ0v) is 22.9. The van der Waals surface area contributed by atoms with Crippen LogP contribution in [0.5, 0.6) is 0 Å². The molecule has 8 heteroatoms. The second-order valence-electron chi connectivity index (χ2n) is 8.97. The van der Waals surface area contributed by atoms with Gasteiger partial charge in [-0.2, -0.15) is 21.6 Å². The van der Waals surface area contributed by atoms with Gasteiger partial charge in [0.25, 0.3) is 10.1 Å². The summed E-state index contributed by atoms with van der Waals surface area (Å²) < 4.78 is 64.4. The maximum atomic E-state index is 11.8. The van der Waals surface area contributed by atoms with Crippen molar-refractivity contribution in [1.82, 2.24) is 0 Å². The van der Waals surface area contributed by atoms with Gasteiger partial charge in [-0.1, -0.05) is 123 Å². The average Bonchev–Trinajstić information content (AvgIpc) is 2.85. The Labute approximate surface area is 220 Å². The van der Waals surface area contributed by atoms with Crippen LogP contribution in [0.1, 0.15) is 56.9 Å². The number of hydrogen-bond donors (Lipinski definition) is 1. The lowest BCUT2D eigenvalue weighted by Gasteiger charge is -2.19. The molecule has 3 nitrogen and oxygen atoms in total. The van der Waals surface area contributed by atoms with Gasteiger partial charge in [0, 0.05) is 6.42 Å². The monoisotopic (exact) mass is 552 g/mol. The maximum absolute atomic E-state index is 11.8. The van der Waals surface area contributed by atoms with Crippen molar-refractivity contribution in [3.8, 4) is 0 Å². The van der Waals surface area contributed by atoms with Crippen molar-refractivity contribution in [2.24, 2.45) is 0 Å². The van der Waals surface area contributed by atoms with Gasteiger partial charge in [0.15, 0.2) is 0 Å². The van der Waals surface area contributed by atoms with Crippen LogP contribution in [0.4, 0.5) is 13.2 Å². The Hall–Kier alpha value is -2.21. The Balaban J connectivity index is 0.000000265. The number of aryl methyl sites for hydroxylation is 1. The Morgan fingerprint density at radius 1 is 0.649 bits per heavy atom. The summed E-state index contributed by atoms with van der Waals surface area (Å²) in [6.07, 6.45) is -0.648. The molecule has 1 N–H and O–H groups in total. The smallest absolute Gasteiger partial charge is 0.286 e. The van der Waals surface area contributed by atoms with Gasteiger partial charge < -0.3 is 0 Å². The molecular formula is C29H36F3O3PS. The third kappa shape index (κ3) is 13.8. The van der Waals surface area contributed by atoms with Crippen molar-refractivity contribution in [3.05, 3.63) is 90.5 Å². The van der Waals surface area contributed by atoms with E-state index in [4.69, 9.17) is 4.55 Å². The van der Waals surface area contributed by atoms with Crippen LogP contribution in [0, 0.1) is 6.92 Å². The number of unbranched alkanes of at least 4 members (excludes halogenated alkanes) is 6. The summed E-state index contributed by atoms with van der Waals surface area (Å²) in [5.74, 6) is -0.235. The van der Waals surface area contributed by atoms with Crippen molar-refractivity contribution < 1.29 is 26.1 Å². The average molecular weight is 553 g/mol. The molecular weight excluding hydrogens is 516 g/mol. The maximum Gasteiger partial charge on any atom is 0.389 e. The Morgan fingerprint density at radius 3 is 1.49 bits per heavy atom. The van der Waals surface area contributed by atoms with E-state index in [1.165, 1.54) is 21.5 Å². The number of alkyl halides is 3. The van der Waals surface area contributed by atoms with E-state index in [0.29, 0.717) is 19.3 Å². The Bertz CT molecular complexity index is 1080. The second kappa shape index (κ2) is 15.9. The van der Waals surface area contributed by atoms with E-state index in [0.717, 1.165) is 19.3 Å². The molecule has 202 valence electrons. The molecule has 0 bridgehead atoms. The lowest BCUT2D eigenvalue weighted by atomic mass is 10.1. The third-order valence-electron chi connectivity index (χ3n) is 5.68. The van der Waals surface area contributed by atoms with E-state index < -0.39 is 30.6 Å². The highest BCUT2D eigenvalue weighted by molar-refractivity contribution is 7.85. The molecule has 0 aliphatic rings. The molecule has 0 aliphatic carbocycles. The van der Waals surface area contributed by atoms with Crippen LogP contribution in [-0.4, -0.2) is 24.9 Å². The number of rotatable bonds is 12. The van der Waals surface area contributed by atoms with Crippen molar-refractivity contribution >= 4 is 34.0 Å². The van der Waals surface area contributed by atoms with E-state index >= 15 is 0 Å². The summed E-state index contributed by atoms with van der Waals surface area (Å²) in [4.78, 5) is 0. The molecule has 0 heterocycles. The Kier molecular flexibility index (Phi) is 13.3. The number of hydrogen-bond acceptors (Lipinski definition) is 2. The van der Waals surface area contributed by atoms with E-state index in [1.54, 1.807) is 0 Å². The molecule has 0 saturated heterocycles. The third-order valence-corrected chi connectivity index (χ3v) is 8.93. The fourth-order valence-electron chi connectivity index (χ4n) is 3.79. The Morgan fingerprint density at radius 2 is 1.05 bits per heavy atom. The number of benzene rings is 3. The molecule has 0 radical (unpaired) electrons. The zero-order valence-electron chi connectivity index (χ0n) is 21.2. The van der Waals surface area contributed by atoms with Crippen LogP contribution in [0.15, 0.2) is 84.9 Å². The van der Waals surface area contributed by atoms with Gasteiger partial charge in [0.05, 0.1) is 5.75 Å². The first kappa shape index (κ1) is 31.0. The predicted octanol–water partition coefficient (Wildman–Crippen LogP) is 7.31. The van der Waals surface area contributed by atoms with Gasteiger partial charge in [-0.25, -0.2) is 0 Å². The van der Waals surface area contributed by atoms with Crippen LogP contribution in [0.3, 0.4) is 0 Å². The fourth-order valence-corrected chi connectivity index (χ4v) is 6.64. The minimum atomic E-state index is -4.06. The molecule has 0 spiro atoms. The molecule has 0 fully saturated rings. The minimum Gasteiger partial charge on any atom is -0.286 e. The van der Waals surface area contributed by atoms with Gasteiger partial charge in [-0.15, -0.1) is 0 Å². The summed E-state index contributed by atoms with van der Waals surface area (Å²) in [7, 11) is -4.33. The molecule has 3 rings (SSSR count). The van der Waals surface area contributed by atoms with Gasteiger partial charge >= 0.3 is 6.18 Å². The lowest BCUT2D eigenvalue weighted by Crippen LogP contribution is -2.20. The van der Waals surface area contributed by atoms with Crippen molar-refractivity contribution in [2.45, 2.75) is 64.5 Å². The molecule has 3 aromatic carbocycles. The molecule has 0 amide bonds. The van der Waals surface area contributed by atoms with Crippen LogP contribution in [0.2, 0.25) is 0 Å².